The van der Waals surface area contributed by atoms with Crippen LogP contribution in [0.1, 0.15) is 30.2 Å². The van der Waals surface area contributed by atoms with Crippen LogP contribution in [0.25, 0.3) is 0 Å². The highest BCUT2D eigenvalue weighted by Gasteiger charge is 2.10. The summed E-state index contributed by atoms with van der Waals surface area (Å²) in [5.41, 5.74) is 0.527. The van der Waals surface area contributed by atoms with Gasteiger partial charge >= 0.3 is 0 Å². The molecule has 1 aromatic heterocycles. The quantitative estimate of drug-likeness (QED) is 0.540. The molecule has 0 fully saturated rings. The second-order valence-corrected chi connectivity index (χ2v) is 6.89. The molecule has 2 amide bonds. The van der Waals surface area contributed by atoms with Crippen molar-refractivity contribution in [2.75, 3.05) is 18.8 Å². The van der Waals surface area contributed by atoms with E-state index in [-0.39, 0.29) is 23.6 Å². The average Bonchev–Trinajstić information content (AvgIpc) is 3.06. The van der Waals surface area contributed by atoms with Gasteiger partial charge in [-0.25, -0.2) is 0 Å². The molecule has 0 radical (unpaired) electrons. The van der Waals surface area contributed by atoms with Crippen molar-refractivity contribution in [3.05, 3.63) is 41.2 Å². The molecule has 2 aromatic rings. The topological polar surface area (TPSA) is 88.9 Å². The minimum Gasteiger partial charge on any atom is -0.354 e. The normalized spacial score (nSPS) is 10.7. The smallest absolute Gasteiger partial charge is 0.251 e. The molecule has 2 N–H and O–H groups in total. The molecule has 0 aliphatic carbocycles. The van der Waals surface area contributed by atoms with Gasteiger partial charge in [0, 0.05) is 29.7 Å². The van der Waals surface area contributed by atoms with Crippen molar-refractivity contribution in [2.45, 2.75) is 25.0 Å². The fraction of sp³-hybridized carbons (Fsp3) is 0.375. The predicted octanol–water partition coefficient (Wildman–Crippen LogP) is 2.15. The third kappa shape index (κ3) is 6.06. The number of rotatable bonds is 8. The van der Waals surface area contributed by atoms with Crippen molar-refractivity contribution in [1.29, 1.82) is 0 Å². The third-order valence-corrected chi connectivity index (χ3v) is 4.48. The molecule has 25 heavy (non-hydrogen) atoms. The highest BCUT2D eigenvalue weighted by Crippen LogP contribution is 2.18. The fourth-order valence-electron chi connectivity index (χ4n) is 1.95. The SMILES string of the molecule is CC(C)n1cnnc1SCC(=O)NCCNC(=O)c1ccc(Cl)cc1. The summed E-state index contributed by atoms with van der Waals surface area (Å²) in [5.74, 6) is -0.0781. The lowest BCUT2D eigenvalue weighted by Crippen LogP contribution is -2.35. The lowest BCUT2D eigenvalue weighted by atomic mass is 10.2. The number of hydrogen-bond acceptors (Lipinski definition) is 5. The summed E-state index contributed by atoms with van der Waals surface area (Å²) in [6.07, 6.45) is 1.65. The number of carbonyl (C=O) groups is 2. The van der Waals surface area contributed by atoms with Crippen LogP contribution in [0.2, 0.25) is 5.02 Å². The Bertz CT molecular complexity index is 718. The van der Waals surface area contributed by atoms with Crippen LogP contribution in [0.4, 0.5) is 0 Å². The number of benzene rings is 1. The second kappa shape index (κ2) is 9.43. The molecule has 0 saturated carbocycles. The summed E-state index contributed by atoms with van der Waals surface area (Å²) >= 11 is 7.11. The van der Waals surface area contributed by atoms with E-state index in [2.05, 4.69) is 20.8 Å². The summed E-state index contributed by atoms with van der Waals surface area (Å²) in [5, 5.41) is 14.6. The molecular formula is C16H20ClN5O2S. The van der Waals surface area contributed by atoms with Crippen LogP contribution in [-0.2, 0) is 4.79 Å². The van der Waals surface area contributed by atoms with Gasteiger partial charge in [0.15, 0.2) is 5.16 Å². The molecule has 0 atom stereocenters. The minimum absolute atomic E-state index is 0.121. The molecular weight excluding hydrogens is 362 g/mol. The first kappa shape index (κ1) is 19.3. The summed E-state index contributed by atoms with van der Waals surface area (Å²) in [6.45, 7) is 4.75. The van der Waals surface area contributed by atoms with Gasteiger partial charge < -0.3 is 15.2 Å². The highest BCUT2D eigenvalue weighted by atomic mass is 35.5. The molecule has 0 aliphatic rings. The van der Waals surface area contributed by atoms with E-state index in [1.807, 2.05) is 18.4 Å². The Morgan fingerprint density at radius 3 is 2.56 bits per heavy atom. The summed E-state index contributed by atoms with van der Waals surface area (Å²) in [6, 6.07) is 6.86. The molecule has 134 valence electrons. The first-order valence-corrected chi connectivity index (χ1v) is 9.16. The number of nitrogens with zero attached hydrogens (tertiary/aromatic N) is 3. The van der Waals surface area contributed by atoms with E-state index in [9.17, 15) is 9.59 Å². The van der Waals surface area contributed by atoms with Gasteiger partial charge in [-0.15, -0.1) is 10.2 Å². The number of nitrogens with one attached hydrogen (secondary N) is 2. The Kier molecular flexibility index (Phi) is 7.27. The zero-order chi connectivity index (χ0) is 18.2. The van der Waals surface area contributed by atoms with Crippen molar-refractivity contribution in [1.82, 2.24) is 25.4 Å². The number of halogens is 1. The predicted molar refractivity (Wildman–Crippen MR) is 97.9 cm³/mol. The molecule has 2 rings (SSSR count). The lowest BCUT2D eigenvalue weighted by Gasteiger charge is -2.10. The lowest BCUT2D eigenvalue weighted by molar-refractivity contribution is -0.118. The van der Waals surface area contributed by atoms with E-state index < -0.39 is 0 Å². The Labute approximate surface area is 155 Å². The molecule has 9 heteroatoms. The highest BCUT2D eigenvalue weighted by molar-refractivity contribution is 7.99. The first-order valence-electron chi connectivity index (χ1n) is 7.80. The number of hydrogen-bond donors (Lipinski definition) is 2. The van der Waals surface area contributed by atoms with E-state index in [0.717, 1.165) is 0 Å². The van der Waals surface area contributed by atoms with Crippen LogP contribution in [0.15, 0.2) is 35.7 Å². The largest absolute Gasteiger partial charge is 0.354 e. The monoisotopic (exact) mass is 381 g/mol. The van der Waals surface area contributed by atoms with Crippen LogP contribution >= 0.6 is 23.4 Å². The van der Waals surface area contributed by atoms with Gasteiger partial charge in [-0.1, -0.05) is 23.4 Å². The van der Waals surface area contributed by atoms with E-state index in [0.29, 0.717) is 28.8 Å². The fourth-order valence-corrected chi connectivity index (χ4v) is 2.95. The second-order valence-electron chi connectivity index (χ2n) is 5.52. The zero-order valence-corrected chi connectivity index (χ0v) is 15.6. The van der Waals surface area contributed by atoms with Gasteiger partial charge in [-0.2, -0.15) is 0 Å². The maximum atomic E-state index is 11.9. The van der Waals surface area contributed by atoms with Crippen molar-refractivity contribution in [3.8, 4) is 0 Å². The summed E-state index contributed by atoms with van der Waals surface area (Å²) < 4.78 is 1.91. The molecule has 0 saturated heterocycles. The van der Waals surface area contributed by atoms with Gasteiger partial charge in [0.25, 0.3) is 5.91 Å². The molecule has 1 heterocycles. The summed E-state index contributed by atoms with van der Waals surface area (Å²) in [4.78, 5) is 23.7. The number of amides is 2. The zero-order valence-electron chi connectivity index (χ0n) is 14.0. The molecule has 0 spiro atoms. The number of carbonyl (C=O) groups excluding carboxylic acids is 2. The van der Waals surface area contributed by atoms with Crippen LogP contribution < -0.4 is 10.6 Å². The maximum Gasteiger partial charge on any atom is 0.251 e. The maximum absolute atomic E-state index is 11.9. The van der Waals surface area contributed by atoms with Gasteiger partial charge in [0.1, 0.15) is 6.33 Å². The Hall–Kier alpha value is -2.06. The third-order valence-electron chi connectivity index (χ3n) is 3.27. The minimum atomic E-state index is -0.203. The van der Waals surface area contributed by atoms with Gasteiger partial charge in [-0.05, 0) is 38.1 Å². The Balaban J connectivity index is 1.66. The van der Waals surface area contributed by atoms with Gasteiger partial charge in [0.05, 0.1) is 5.75 Å². The van der Waals surface area contributed by atoms with Crippen molar-refractivity contribution in [2.24, 2.45) is 0 Å². The number of aromatic nitrogens is 3. The van der Waals surface area contributed by atoms with Gasteiger partial charge in [-0.3, -0.25) is 9.59 Å². The average molecular weight is 382 g/mol. The van der Waals surface area contributed by atoms with E-state index in [1.165, 1.54) is 11.8 Å². The van der Waals surface area contributed by atoms with Gasteiger partial charge in [0.2, 0.25) is 5.91 Å². The molecule has 0 aliphatic heterocycles. The summed E-state index contributed by atoms with van der Waals surface area (Å²) in [7, 11) is 0. The van der Waals surface area contributed by atoms with Crippen LogP contribution in [0, 0.1) is 0 Å². The van der Waals surface area contributed by atoms with E-state index >= 15 is 0 Å². The van der Waals surface area contributed by atoms with E-state index in [4.69, 9.17) is 11.6 Å². The van der Waals surface area contributed by atoms with Crippen molar-refractivity contribution >= 4 is 35.2 Å². The Morgan fingerprint density at radius 2 is 1.88 bits per heavy atom. The first-order chi connectivity index (χ1) is 12.0. The van der Waals surface area contributed by atoms with Crippen molar-refractivity contribution in [3.63, 3.8) is 0 Å². The molecule has 1 aromatic carbocycles. The standard InChI is InChI=1S/C16H20ClN5O2S/c1-11(2)22-10-20-21-16(22)25-9-14(23)18-7-8-19-15(24)12-3-5-13(17)6-4-12/h3-6,10-11H,7-9H2,1-2H3,(H,18,23)(H,19,24). The molecule has 7 nitrogen and oxygen atoms in total. The van der Waals surface area contributed by atoms with Crippen molar-refractivity contribution < 1.29 is 9.59 Å². The molecule has 0 unspecified atom stereocenters. The van der Waals surface area contributed by atoms with E-state index in [1.54, 1.807) is 30.6 Å². The number of thioether (sulfide) groups is 1. The van der Waals surface area contributed by atoms with Crippen LogP contribution in [-0.4, -0.2) is 45.4 Å². The van der Waals surface area contributed by atoms with Crippen LogP contribution in [0.3, 0.4) is 0 Å². The van der Waals surface area contributed by atoms with Crippen LogP contribution in [0.5, 0.6) is 0 Å². The Morgan fingerprint density at radius 1 is 1.20 bits per heavy atom. The molecule has 0 bridgehead atoms.